The average Bonchev–Trinajstić information content (AvgIpc) is 3.72. The summed E-state index contributed by atoms with van der Waals surface area (Å²) < 4.78 is 60.5. The number of hydrogen-bond donors (Lipinski definition) is 7. The number of nitrogens with two attached hydrogens (primary N) is 2. The zero-order valence-corrected chi connectivity index (χ0v) is 24.3. The fraction of sp³-hybridized carbons (Fsp3) is 0.550. The highest BCUT2D eigenvalue weighted by molar-refractivity contribution is 7.47. The van der Waals surface area contributed by atoms with Crippen molar-refractivity contribution in [1.29, 1.82) is 5.41 Å². The van der Waals surface area contributed by atoms with Gasteiger partial charge >= 0.3 is 15.6 Å². The van der Waals surface area contributed by atoms with Crippen molar-refractivity contribution in [3.05, 3.63) is 12.7 Å². The van der Waals surface area contributed by atoms with Crippen molar-refractivity contribution in [3.8, 4) is 0 Å². The summed E-state index contributed by atoms with van der Waals surface area (Å²) in [5, 5.41) is 21.1. The minimum atomic E-state index is -5.04. The second kappa shape index (κ2) is 10.9. The molecule has 0 saturated carbocycles. The normalized spacial score (nSPS) is 42.0. The Bertz CT molecular complexity index is 1720. The molecule has 9 N–H and O–H groups in total. The third-order valence-corrected chi connectivity index (χ3v) is 9.50. The first kappa shape index (κ1) is 30.3. The van der Waals surface area contributed by atoms with Crippen molar-refractivity contribution in [3.63, 3.8) is 0 Å². The van der Waals surface area contributed by atoms with E-state index in [1.807, 2.05) is 0 Å². The number of carbonyl (C=O) groups is 1. The van der Waals surface area contributed by atoms with Crippen LogP contribution in [0.1, 0.15) is 6.23 Å². The predicted molar refractivity (Wildman–Crippen MR) is 145 cm³/mol. The summed E-state index contributed by atoms with van der Waals surface area (Å²) in [5.74, 6) is -1.14. The quantitative estimate of drug-likeness (QED) is 0.155. The molecule has 3 fully saturated rings. The molecule has 2 aromatic heterocycles. The fourth-order valence-electron chi connectivity index (χ4n) is 5.45. The van der Waals surface area contributed by atoms with Crippen molar-refractivity contribution < 1.29 is 56.4 Å². The molecular weight excluding hydrogens is 648 g/mol. The lowest BCUT2D eigenvalue weighted by molar-refractivity contribution is -0.119. The number of phosphoric acid groups is 2. The fourth-order valence-corrected chi connectivity index (χ4v) is 7.36. The molecule has 3 saturated heterocycles. The van der Waals surface area contributed by atoms with Gasteiger partial charge in [-0.05, 0) is 0 Å². The van der Waals surface area contributed by atoms with E-state index in [2.05, 4.69) is 30.3 Å². The van der Waals surface area contributed by atoms with E-state index in [9.17, 15) is 28.8 Å². The van der Waals surface area contributed by atoms with Crippen LogP contribution in [0.3, 0.4) is 0 Å². The van der Waals surface area contributed by atoms with Crippen molar-refractivity contribution in [2.45, 2.75) is 55.1 Å². The molecule has 2 bridgehead atoms. The first-order chi connectivity index (χ1) is 21.3. The summed E-state index contributed by atoms with van der Waals surface area (Å²) in [7, 11) is -10.1. The largest absolute Gasteiger partial charge is 0.472 e. The topological polar surface area (TPSA) is 327 Å². The van der Waals surface area contributed by atoms with Gasteiger partial charge in [-0.1, -0.05) is 0 Å². The first-order valence-corrected chi connectivity index (χ1v) is 16.1. The summed E-state index contributed by atoms with van der Waals surface area (Å²) >= 11 is 0. The molecule has 45 heavy (non-hydrogen) atoms. The highest BCUT2D eigenvalue weighted by Gasteiger charge is 2.55. The zero-order valence-electron chi connectivity index (χ0n) is 22.5. The Morgan fingerprint density at radius 2 is 1.71 bits per heavy atom. The lowest BCUT2D eigenvalue weighted by atomic mass is 10.1. The second-order valence-electron chi connectivity index (χ2n) is 10.3. The van der Waals surface area contributed by atoms with Crippen molar-refractivity contribution in [1.82, 2.24) is 29.7 Å². The number of ether oxygens (including phenoxy) is 2. The number of amides is 1. The molecule has 1 amide bonds. The molecular formula is C20H25N11O12P2. The van der Waals surface area contributed by atoms with Crippen LogP contribution in [-0.4, -0.2) is 125 Å². The molecule has 0 spiro atoms. The van der Waals surface area contributed by atoms with Gasteiger partial charge in [0.25, 0.3) is 5.91 Å². The van der Waals surface area contributed by atoms with Gasteiger partial charge in [0, 0.05) is 0 Å². The van der Waals surface area contributed by atoms with E-state index in [1.54, 1.807) is 0 Å². The van der Waals surface area contributed by atoms with E-state index in [0.717, 1.165) is 12.7 Å². The third kappa shape index (κ3) is 5.35. The highest BCUT2D eigenvalue weighted by atomic mass is 31.2. The number of phosphoric ester groups is 2. The number of rotatable bonds is 2. The van der Waals surface area contributed by atoms with E-state index in [4.69, 9.17) is 44.4 Å². The molecule has 5 aliphatic rings. The SMILES string of the molecule is N=C1N=C2C(N=CN2[C@@H]2O[C@@H]3COP(=O)(O)O[C@H]4[C@@H](O)[C@H](n5cnc6c(N)ncnc65)O[C@@H]4COP(=O)(O)O[C@@H]2[C@@H]3N)C(=O)N1. The van der Waals surface area contributed by atoms with Gasteiger partial charge in [-0.3, -0.25) is 48.1 Å². The number of fused-ring (bicyclic) bond motifs is 5. The van der Waals surface area contributed by atoms with Gasteiger partial charge < -0.3 is 35.8 Å². The van der Waals surface area contributed by atoms with Crippen LogP contribution in [0.15, 0.2) is 22.6 Å². The van der Waals surface area contributed by atoms with Gasteiger partial charge in [-0.25, -0.2) is 24.1 Å². The van der Waals surface area contributed by atoms with Gasteiger partial charge in [-0.15, -0.1) is 0 Å². The monoisotopic (exact) mass is 673 g/mol. The maximum absolute atomic E-state index is 13.2. The summed E-state index contributed by atoms with van der Waals surface area (Å²) in [6, 6.07) is -2.42. The number of aliphatic hydroxyl groups excluding tert-OH is 1. The number of hydrogen-bond acceptors (Lipinski definition) is 18. The Morgan fingerprint density at radius 3 is 2.47 bits per heavy atom. The number of nitrogen functional groups attached to an aromatic ring is 1. The minimum Gasteiger partial charge on any atom is -0.386 e. The van der Waals surface area contributed by atoms with Gasteiger partial charge in [0.15, 0.2) is 35.8 Å². The molecule has 0 aromatic carbocycles. The number of nitrogens with one attached hydrogen (secondary N) is 2. The van der Waals surface area contributed by atoms with Gasteiger partial charge in [-0.2, -0.15) is 4.99 Å². The van der Waals surface area contributed by atoms with Crippen molar-refractivity contribution in [2.24, 2.45) is 15.7 Å². The van der Waals surface area contributed by atoms with Crippen LogP contribution in [0, 0.1) is 5.41 Å². The molecule has 242 valence electrons. The zero-order chi connectivity index (χ0) is 31.8. The molecule has 23 nitrogen and oxygen atoms in total. The minimum absolute atomic E-state index is 0.0428. The molecule has 3 unspecified atom stereocenters. The van der Waals surface area contributed by atoms with E-state index in [-0.39, 0.29) is 22.8 Å². The number of aliphatic hydroxyl groups is 1. The van der Waals surface area contributed by atoms with E-state index >= 15 is 0 Å². The maximum atomic E-state index is 13.2. The molecule has 2 aromatic rings. The number of carbonyl (C=O) groups excluding carboxylic acids is 1. The summed E-state index contributed by atoms with van der Waals surface area (Å²) in [5.41, 5.74) is 12.5. The number of guanidine groups is 1. The standard InChI is InChI=1S/C20H25N11O12P2/c21-8-6-1-38-44(34,35)42-12-7(41-18(11(12)32)30-4-26-9-14(22)24-3-25-15(9)30)2-39-45(36,37)43-13(8)19(40-6)31-5-27-10-16(31)28-20(23)29-17(10)33/h3-8,10-13,18-19,32H,1-2,21H2,(H,34,35)(H,36,37)(H2,22,24,25)(H2,23,29,33)/t6-,7-,8-,10?,11-,12-,13-,18-,19-/m1/s1. The van der Waals surface area contributed by atoms with Crippen molar-refractivity contribution in [2.75, 3.05) is 18.9 Å². The van der Waals surface area contributed by atoms with Gasteiger partial charge in [0.2, 0.25) is 5.96 Å². The number of aromatic nitrogens is 4. The van der Waals surface area contributed by atoms with E-state index in [0.29, 0.717) is 0 Å². The molecule has 7 rings (SSSR count). The number of aliphatic imine (C=N–C) groups is 2. The van der Waals surface area contributed by atoms with Crippen LogP contribution in [-0.2, 0) is 41.5 Å². The predicted octanol–water partition coefficient (Wildman–Crippen LogP) is -3.09. The Kier molecular flexibility index (Phi) is 7.35. The van der Waals surface area contributed by atoms with Crippen LogP contribution in [0.2, 0.25) is 0 Å². The molecule has 0 aliphatic carbocycles. The van der Waals surface area contributed by atoms with E-state index < -0.39 is 95.8 Å². The van der Waals surface area contributed by atoms with Crippen LogP contribution in [0.25, 0.3) is 11.2 Å². The van der Waals surface area contributed by atoms with Crippen LogP contribution >= 0.6 is 15.6 Å². The van der Waals surface area contributed by atoms with Crippen LogP contribution in [0.4, 0.5) is 5.82 Å². The van der Waals surface area contributed by atoms with Gasteiger partial charge in [0.05, 0.1) is 31.9 Å². The Morgan fingerprint density at radius 1 is 1.02 bits per heavy atom. The number of imidazole rings is 1. The Hall–Kier alpha value is -3.31. The van der Waals surface area contributed by atoms with Crippen LogP contribution in [0.5, 0.6) is 0 Å². The molecule has 5 aliphatic heterocycles. The second-order valence-corrected chi connectivity index (χ2v) is 13.1. The number of anilines is 1. The number of nitrogens with zero attached hydrogens (tertiary/aromatic N) is 7. The summed E-state index contributed by atoms with van der Waals surface area (Å²) in [6.07, 6.45) is -6.71. The lowest BCUT2D eigenvalue weighted by Gasteiger charge is -2.31. The summed E-state index contributed by atoms with van der Waals surface area (Å²) in [4.78, 5) is 54.9. The smallest absolute Gasteiger partial charge is 0.386 e. The molecule has 7 heterocycles. The Labute approximate surface area is 250 Å². The summed E-state index contributed by atoms with van der Waals surface area (Å²) in [6.45, 7) is -1.50. The Balaban J connectivity index is 1.17. The third-order valence-electron chi connectivity index (χ3n) is 7.53. The molecule has 11 atom stereocenters. The molecule has 25 heteroatoms. The lowest BCUT2D eigenvalue weighted by Crippen LogP contribution is -2.54. The van der Waals surface area contributed by atoms with Crippen molar-refractivity contribution >= 4 is 56.7 Å². The number of amidine groups is 1. The molecule has 0 radical (unpaired) electrons. The van der Waals surface area contributed by atoms with E-state index in [1.165, 1.54) is 15.8 Å². The average molecular weight is 673 g/mol. The van der Waals surface area contributed by atoms with Gasteiger partial charge in [0.1, 0.15) is 42.4 Å². The highest BCUT2D eigenvalue weighted by Crippen LogP contribution is 2.52. The first-order valence-electron chi connectivity index (χ1n) is 13.1. The van der Waals surface area contributed by atoms with Crippen LogP contribution < -0.4 is 16.8 Å². The maximum Gasteiger partial charge on any atom is 0.472 e.